The maximum Gasteiger partial charge on any atom is 0.433 e. The summed E-state index contributed by atoms with van der Waals surface area (Å²) >= 11 is 0. The van der Waals surface area contributed by atoms with Gasteiger partial charge in [-0.05, 0) is 30.7 Å². The molecule has 1 aliphatic heterocycles. The van der Waals surface area contributed by atoms with Crippen LogP contribution in [0.3, 0.4) is 0 Å². The Hall–Kier alpha value is -3.32. The van der Waals surface area contributed by atoms with Crippen LogP contribution in [0.15, 0.2) is 30.3 Å². The van der Waals surface area contributed by atoms with Gasteiger partial charge in [0.2, 0.25) is 11.8 Å². The number of carbonyl (C=O) groups excluding carboxylic acids is 2. The fraction of sp³-hybridized carbons (Fsp3) is 0.435. The molecule has 1 atom stereocenters. The number of amides is 2. The summed E-state index contributed by atoms with van der Waals surface area (Å²) in [4.78, 5) is 27.9. The van der Waals surface area contributed by atoms with Crippen molar-refractivity contribution in [1.82, 2.24) is 10.3 Å². The first-order valence-electron chi connectivity index (χ1n) is 10.8. The van der Waals surface area contributed by atoms with Crippen molar-refractivity contribution in [1.29, 1.82) is 0 Å². The Bertz CT molecular complexity index is 1210. The standard InChI is InChI=1S/C23H20F9N3O2/c1-3-17(36)33-10-13-4-5-16(34-19(13)22(27,28)29)35-11-20(9-18(35)37,23(30,31)32)14-6-12(2)7-15(8-14)21(24,25)26/h4-8H,3,9-11H2,1-2H3,(H,33,36). The van der Waals surface area contributed by atoms with Gasteiger partial charge in [-0.1, -0.05) is 24.6 Å². The van der Waals surface area contributed by atoms with Crippen LogP contribution < -0.4 is 10.2 Å². The number of nitrogens with zero attached hydrogens (tertiary/aromatic N) is 2. The van der Waals surface area contributed by atoms with Crippen LogP contribution in [-0.2, 0) is 33.9 Å². The second-order valence-corrected chi connectivity index (χ2v) is 8.63. The molecule has 14 heteroatoms. The number of pyridine rings is 1. The Labute approximate surface area is 204 Å². The van der Waals surface area contributed by atoms with E-state index in [9.17, 15) is 49.1 Å². The highest BCUT2D eigenvalue weighted by Gasteiger charge is 2.62. The number of anilines is 1. The van der Waals surface area contributed by atoms with E-state index in [1.807, 2.05) is 0 Å². The van der Waals surface area contributed by atoms with Crippen LogP contribution in [0.5, 0.6) is 0 Å². The van der Waals surface area contributed by atoms with Crippen molar-refractivity contribution in [3.05, 3.63) is 58.3 Å². The quantitative estimate of drug-likeness (QED) is 0.495. The molecule has 1 aromatic carbocycles. The third-order valence-electron chi connectivity index (χ3n) is 5.99. The fourth-order valence-electron chi connectivity index (χ4n) is 4.08. The molecule has 1 saturated heterocycles. The van der Waals surface area contributed by atoms with Crippen molar-refractivity contribution >= 4 is 17.6 Å². The molecule has 1 aromatic heterocycles. The Morgan fingerprint density at radius 2 is 1.68 bits per heavy atom. The zero-order valence-corrected chi connectivity index (χ0v) is 19.3. The van der Waals surface area contributed by atoms with Crippen molar-refractivity contribution in [2.75, 3.05) is 11.4 Å². The zero-order chi connectivity index (χ0) is 28.0. The van der Waals surface area contributed by atoms with Gasteiger partial charge in [0.15, 0.2) is 5.69 Å². The lowest BCUT2D eigenvalue weighted by atomic mass is 9.77. The number of aromatic nitrogens is 1. The first-order chi connectivity index (χ1) is 16.9. The molecule has 0 aliphatic carbocycles. The third kappa shape index (κ3) is 5.67. The number of aryl methyl sites for hydroxylation is 1. The lowest BCUT2D eigenvalue weighted by Gasteiger charge is -2.32. The summed E-state index contributed by atoms with van der Waals surface area (Å²) in [5.41, 5.74) is -7.46. The second kappa shape index (κ2) is 9.53. The zero-order valence-electron chi connectivity index (χ0n) is 19.3. The summed E-state index contributed by atoms with van der Waals surface area (Å²) in [5.74, 6) is -2.57. The molecule has 1 fully saturated rings. The molecular formula is C23H20F9N3O2. The van der Waals surface area contributed by atoms with Gasteiger partial charge < -0.3 is 5.32 Å². The summed E-state index contributed by atoms with van der Waals surface area (Å²) in [7, 11) is 0. The number of alkyl halides is 9. The first kappa shape index (κ1) is 28.3. The summed E-state index contributed by atoms with van der Waals surface area (Å²) in [5, 5.41) is 2.24. The van der Waals surface area contributed by atoms with Gasteiger partial charge in [-0.25, -0.2) is 4.98 Å². The van der Waals surface area contributed by atoms with E-state index in [2.05, 4.69) is 10.3 Å². The molecule has 202 valence electrons. The predicted octanol–water partition coefficient (Wildman–Crippen LogP) is 5.69. The number of hydrogen-bond donors (Lipinski definition) is 1. The highest BCUT2D eigenvalue weighted by molar-refractivity contribution is 5.96. The van der Waals surface area contributed by atoms with E-state index in [1.54, 1.807) is 0 Å². The lowest BCUT2D eigenvalue weighted by molar-refractivity contribution is -0.185. The Kier molecular flexibility index (Phi) is 7.27. The summed E-state index contributed by atoms with van der Waals surface area (Å²) in [6.07, 6.45) is -16.6. The number of hydrogen-bond acceptors (Lipinski definition) is 3. The number of nitrogens with one attached hydrogen (secondary N) is 1. The maximum absolute atomic E-state index is 14.4. The molecule has 37 heavy (non-hydrogen) atoms. The van der Waals surface area contributed by atoms with Crippen LogP contribution in [0.2, 0.25) is 0 Å². The summed E-state index contributed by atoms with van der Waals surface area (Å²) in [6.45, 7) is 0.786. The van der Waals surface area contributed by atoms with E-state index in [0.717, 1.165) is 25.1 Å². The highest BCUT2D eigenvalue weighted by atomic mass is 19.4. The first-order valence-corrected chi connectivity index (χ1v) is 10.8. The summed E-state index contributed by atoms with van der Waals surface area (Å²) in [6, 6.07) is 3.58. The Morgan fingerprint density at radius 3 is 2.22 bits per heavy atom. The van der Waals surface area contributed by atoms with Gasteiger partial charge in [0.05, 0.1) is 5.56 Å². The van der Waals surface area contributed by atoms with Crippen LogP contribution in [0, 0.1) is 6.92 Å². The van der Waals surface area contributed by atoms with Crippen LogP contribution in [0.1, 0.15) is 47.7 Å². The number of rotatable bonds is 5. The van der Waals surface area contributed by atoms with Crippen molar-refractivity contribution in [3.8, 4) is 0 Å². The lowest BCUT2D eigenvalue weighted by Crippen LogP contribution is -2.45. The predicted molar refractivity (Wildman–Crippen MR) is 112 cm³/mol. The van der Waals surface area contributed by atoms with E-state index < -0.39 is 83.5 Å². The van der Waals surface area contributed by atoms with Crippen LogP contribution in [-0.4, -0.2) is 29.5 Å². The molecule has 1 aliphatic rings. The molecule has 0 saturated carbocycles. The van der Waals surface area contributed by atoms with E-state index >= 15 is 0 Å². The number of carbonyl (C=O) groups is 2. The molecule has 0 spiro atoms. The summed E-state index contributed by atoms with van der Waals surface area (Å²) < 4.78 is 124. The maximum atomic E-state index is 14.4. The topological polar surface area (TPSA) is 62.3 Å². The van der Waals surface area contributed by atoms with Gasteiger partial charge >= 0.3 is 18.5 Å². The number of benzene rings is 1. The van der Waals surface area contributed by atoms with Gasteiger partial charge in [-0.15, -0.1) is 0 Å². The second-order valence-electron chi connectivity index (χ2n) is 8.63. The van der Waals surface area contributed by atoms with Crippen molar-refractivity contribution in [3.63, 3.8) is 0 Å². The van der Waals surface area contributed by atoms with Gasteiger partial charge in [0.1, 0.15) is 11.2 Å². The molecule has 2 aromatic rings. The van der Waals surface area contributed by atoms with E-state index in [4.69, 9.17) is 0 Å². The van der Waals surface area contributed by atoms with Gasteiger partial charge in [0, 0.05) is 31.5 Å². The highest BCUT2D eigenvalue weighted by Crippen LogP contribution is 2.50. The van der Waals surface area contributed by atoms with Crippen molar-refractivity contribution in [2.45, 2.75) is 57.2 Å². The van der Waals surface area contributed by atoms with Crippen molar-refractivity contribution in [2.24, 2.45) is 0 Å². The SMILES string of the molecule is CCC(=O)NCc1ccc(N2CC(c3cc(C)cc(C(F)(F)F)c3)(C(F)(F)F)CC2=O)nc1C(F)(F)F. The normalized spacial score (nSPS) is 18.9. The monoisotopic (exact) mass is 541 g/mol. The average Bonchev–Trinajstić information content (AvgIpc) is 3.14. The van der Waals surface area contributed by atoms with E-state index in [0.29, 0.717) is 17.0 Å². The van der Waals surface area contributed by atoms with E-state index in [-0.39, 0.29) is 12.0 Å². The molecule has 2 heterocycles. The minimum atomic E-state index is -5.23. The number of halogens is 9. The molecule has 3 rings (SSSR count). The molecule has 2 amide bonds. The van der Waals surface area contributed by atoms with Crippen LogP contribution >= 0.6 is 0 Å². The average molecular weight is 541 g/mol. The van der Waals surface area contributed by atoms with Crippen LogP contribution in [0.25, 0.3) is 0 Å². The van der Waals surface area contributed by atoms with Gasteiger partial charge in [0.25, 0.3) is 0 Å². The van der Waals surface area contributed by atoms with Crippen molar-refractivity contribution < 1.29 is 49.1 Å². The molecule has 1 unspecified atom stereocenters. The minimum absolute atomic E-state index is 0.0102. The van der Waals surface area contributed by atoms with Crippen LogP contribution in [0.4, 0.5) is 45.3 Å². The Morgan fingerprint density at radius 1 is 1.03 bits per heavy atom. The van der Waals surface area contributed by atoms with E-state index in [1.165, 1.54) is 6.92 Å². The molecule has 1 N–H and O–H groups in total. The van der Waals surface area contributed by atoms with Gasteiger partial charge in [-0.2, -0.15) is 39.5 Å². The molecule has 0 radical (unpaired) electrons. The molecule has 5 nitrogen and oxygen atoms in total. The third-order valence-corrected chi connectivity index (χ3v) is 5.99. The Balaban J connectivity index is 2.09. The van der Waals surface area contributed by atoms with Gasteiger partial charge in [-0.3, -0.25) is 14.5 Å². The smallest absolute Gasteiger partial charge is 0.352 e. The molecular weight excluding hydrogens is 521 g/mol. The fourth-order valence-corrected chi connectivity index (χ4v) is 4.08. The molecule has 0 bridgehead atoms. The largest absolute Gasteiger partial charge is 0.433 e. The minimum Gasteiger partial charge on any atom is -0.352 e.